The van der Waals surface area contributed by atoms with Gasteiger partial charge in [0.25, 0.3) is 10.2 Å². The van der Waals surface area contributed by atoms with Crippen LogP contribution in [0.15, 0.2) is 0 Å². The highest BCUT2D eigenvalue weighted by Gasteiger charge is 2.25. The first-order valence-corrected chi connectivity index (χ1v) is 7.75. The SMILES string of the molecule is CCOC(=O)N1CCN(C(=O)CNS(=O)(=O)NC)CC1. The highest BCUT2D eigenvalue weighted by molar-refractivity contribution is 7.87. The van der Waals surface area contributed by atoms with Crippen LogP contribution in [-0.4, -0.2) is 76.6 Å². The zero-order valence-electron chi connectivity index (χ0n) is 11.6. The first-order valence-electron chi connectivity index (χ1n) is 6.27. The van der Waals surface area contributed by atoms with E-state index in [1.54, 1.807) is 6.92 Å². The third-order valence-corrected chi connectivity index (χ3v) is 3.90. The molecule has 1 heterocycles. The fraction of sp³-hybridized carbons (Fsp3) is 0.800. The molecule has 0 radical (unpaired) electrons. The summed E-state index contributed by atoms with van der Waals surface area (Å²) in [5.74, 6) is -0.327. The van der Waals surface area contributed by atoms with Crippen molar-refractivity contribution in [1.29, 1.82) is 0 Å². The second-order valence-electron chi connectivity index (χ2n) is 4.10. The molecule has 0 aliphatic carbocycles. The van der Waals surface area contributed by atoms with Crippen molar-refractivity contribution in [1.82, 2.24) is 19.2 Å². The minimum absolute atomic E-state index is 0.303. The van der Waals surface area contributed by atoms with E-state index in [1.165, 1.54) is 16.8 Å². The van der Waals surface area contributed by atoms with E-state index in [9.17, 15) is 18.0 Å². The predicted molar refractivity (Wildman–Crippen MR) is 71.2 cm³/mol. The van der Waals surface area contributed by atoms with E-state index in [2.05, 4.69) is 9.44 Å². The van der Waals surface area contributed by atoms with Crippen LogP contribution in [0, 0.1) is 0 Å². The predicted octanol–water partition coefficient (Wildman–Crippen LogP) is -1.66. The van der Waals surface area contributed by atoms with Gasteiger partial charge in [-0.1, -0.05) is 0 Å². The van der Waals surface area contributed by atoms with Crippen LogP contribution in [0.5, 0.6) is 0 Å². The molecule has 1 fully saturated rings. The van der Waals surface area contributed by atoms with Crippen molar-refractivity contribution in [3.05, 3.63) is 0 Å². The summed E-state index contributed by atoms with van der Waals surface area (Å²) < 4.78 is 31.3. The zero-order valence-corrected chi connectivity index (χ0v) is 12.4. The highest BCUT2D eigenvalue weighted by Crippen LogP contribution is 2.04. The van der Waals surface area contributed by atoms with Gasteiger partial charge in [0, 0.05) is 33.2 Å². The molecule has 0 atom stereocenters. The lowest BCUT2D eigenvalue weighted by atomic mass is 10.3. The highest BCUT2D eigenvalue weighted by atomic mass is 32.2. The van der Waals surface area contributed by atoms with Gasteiger partial charge in [0.2, 0.25) is 5.91 Å². The molecule has 116 valence electrons. The Morgan fingerprint density at radius 1 is 1.15 bits per heavy atom. The molecule has 0 unspecified atom stereocenters. The molecular weight excluding hydrogens is 288 g/mol. The molecule has 1 aliphatic heterocycles. The molecule has 0 aromatic rings. The molecule has 20 heavy (non-hydrogen) atoms. The molecule has 1 saturated heterocycles. The molecule has 0 spiro atoms. The Kier molecular flexibility index (Phi) is 6.17. The number of nitrogens with one attached hydrogen (secondary N) is 2. The maximum absolute atomic E-state index is 11.8. The molecule has 2 amide bonds. The zero-order chi connectivity index (χ0) is 15.2. The summed E-state index contributed by atoms with van der Waals surface area (Å²) in [7, 11) is -2.36. The number of carbonyl (C=O) groups excluding carboxylic acids is 2. The third kappa shape index (κ3) is 4.94. The molecule has 1 aliphatic rings. The molecule has 0 saturated carbocycles. The Morgan fingerprint density at radius 2 is 1.70 bits per heavy atom. The number of ether oxygens (including phenoxy) is 1. The number of piperazine rings is 1. The monoisotopic (exact) mass is 308 g/mol. The van der Waals surface area contributed by atoms with E-state index < -0.39 is 16.3 Å². The van der Waals surface area contributed by atoms with E-state index in [1.807, 2.05) is 0 Å². The van der Waals surface area contributed by atoms with Crippen molar-refractivity contribution in [2.45, 2.75) is 6.92 Å². The van der Waals surface area contributed by atoms with Crippen molar-refractivity contribution in [3.63, 3.8) is 0 Å². The van der Waals surface area contributed by atoms with Gasteiger partial charge in [0.05, 0.1) is 13.2 Å². The summed E-state index contributed by atoms with van der Waals surface area (Å²) in [6.07, 6.45) is -0.393. The van der Waals surface area contributed by atoms with Crippen LogP contribution >= 0.6 is 0 Å². The maximum atomic E-state index is 11.8. The fourth-order valence-corrected chi connectivity index (χ4v) is 2.15. The third-order valence-electron chi connectivity index (χ3n) is 2.84. The molecular formula is C10H20N4O5S. The first kappa shape index (κ1) is 16.7. The van der Waals surface area contributed by atoms with Crippen LogP contribution in [0.2, 0.25) is 0 Å². The van der Waals surface area contributed by atoms with E-state index in [0.717, 1.165) is 0 Å². The van der Waals surface area contributed by atoms with Gasteiger partial charge in [-0.05, 0) is 6.92 Å². The first-order chi connectivity index (χ1) is 9.39. The normalized spacial score (nSPS) is 16.1. The van der Waals surface area contributed by atoms with Crippen LogP contribution in [0.25, 0.3) is 0 Å². The van der Waals surface area contributed by atoms with Crippen LogP contribution in [-0.2, 0) is 19.7 Å². The topological polar surface area (TPSA) is 108 Å². The molecule has 2 N–H and O–H groups in total. The Hall–Kier alpha value is -1.39. The van der Waals surface area contributed by atoms with Crippen LogP contribution in [0.3, 0.4) is 0 Å². The second kappa shape index (κ2) is 7.41. The van der Waals surface area contributed by atoms with E-state index in [0.29, 0.717) is 32.8 Å². The number of hydrogen-bond donors (Lipinski definition) is 2. The molecule has 0 aromatic heterocycles. The van der Waals surface area contributed by atoms with Crippen molar-refractivity contribution < 1.29 is 22.7 Å². The number of carbonyl (C=O) groups is 2. The summed E-state index contributed by atoms with van der Waals surface area (Å²) in [6.45, 7) is 3.21. The van der Waals surface area contributed by atoms with Crippen molar-refractivity contribution in [3.8, 4) is 0 Å². The smallest absolute Gasteiger partial charge is 0.409 e. The summed E-state index contributed by atoms with van der Waals surface area (Å²) in [4.78, 5) is 26.3. The molecule has 0 aromatic carbocycles. The van der Waals surface area contributed by atoms with Gasteiger partial charge in [-0.15, -0.1) is 0 Å². The summed E-state index contributed by atoms with van der Waals surface area (Å²) in [5, 5.41) is 0. The molecule has 10 heteroatoms. The number of amides is 2. The fourth-order valence-electron chi connectivity index (χ4n) is 1.69. The van der Waals surface area contributed by atoms with E-state index in [-0.39, 0.29) is 12.5 Å². The largest absolute Gasteiger partial charge is 0.450 e. The number of hydrogen-bond acceptors (Lipinski definition) is 5. The standard InChI is InChI=1S/C10H20N4O5S/c1-3-19-10(16)14-6-4-13(5-7-14)9(15)8-12-20(17,18)11-2/h11-12H,3-8H2,1-2H3. The Morgan fingerprint density at radius 3 is 2.20 bits per heavy atom. The molecule has 1 rings (SSSR count). The minimum Gasteiger partial charge on any atom is -0.450 e. The van der Waals surface area contributed by atoms with Gasteiger partial charge in [-0.25, -0.2) is 9.52 Å². The summed E-state index contributed by atoms with van der Waals surface area (Å²) in [5.41, 5.74) is 0. The maximum Gasteiger partial charge on any atom is 0.409 e. The van der Waals surface area contributed by atoms with Gasteiger partial charge in [0.15, 0.2) is 0 Å². The van der Waals surface area contributed by atoms with Crippen molar-refractivity contribution in [2.24, 2.45) is 0 Å². The van der Waals surface area contributed by atoms with Gasteiger partial charge < -0.3 is 14.5 Å². The van der Waals surface area contributed by atoms with Gasteiger partial charge in [0.1, 0.15) is 0 Å². The van der Waals surface area contributed by atoms with Gasteiger partial charge in [-0.3, -0.25) is 4.79 Å². The minimum atomic E-state index is -3.62. The molecule has 9 nitrogen and oxygen atoms in total. The van der Waals surface area contributed by atoms with Crippen LogP contribution < -0.4 is 9.44 Å². The Bertz CT molecular complexity index is 445. The van der Waals surface area contributed by atoms with Gasteiger partial charge >= 0.3 is 6.09 Å². The summed E-state index contributed by atoms with van der Waals surface area (Å²) in [6, 6.07) is 0. The van der Waals surface area contributed by atoms with Crippen molar-refractivity contribution >= 4 is 22.2 Å². The quantitative estimate of drug-likeness (QED) is 0.632. The van der Waals surface area contributed by atoms with Crippen LogP contribution in [0.1, 0.15) is 6.92 Å². The lowest BCUT2D eigenvalue weighted by Gasteiger charge is -2.34. The van der Waals surface area contributed by atoms with E-state index in [4.69, 9.17) is 4.74 Å². The van der Waals surface area contributed by atoms with Crippen LogP contribution in [0.4, 0.5) is 4.79 Å². The Labute approximate surface area is 118 Å². The Balaban J connectivity index is 2.38. The van der Waals surface area contributed by atoms with Crippen molar-refractivity contribution in [2.75, 3.05) is 46.4 Å². The average Bonchev–Trinajstić information content (AvgIpc) is 2.45. The second-order valence-corrected chi connectivity index (χ2v) is 5.80. The molecule has 0 bridgehead atoms. The number of rotatable bonds is 5. The summed E-state index contributed by atoms with van der Waals surface area (Å²) >= 11 is 0. The van der Waals surface area contributed by atoms with Gasteiger partial charge in [-0.2, -0.15) is 13.1 Å². The lowest BCUT2D eigenvalue weighted by Crippen LogP contribution is -2.53. The number of nitrogens with zero attached hydrogens (tertiary/aromatic N) is 2. The van der Waals surface area contributed by atoms with E-state index >= 15 is 0 Å². The lowest BCUT2D eigenvalue weighted by molar-refractivity contribution is -0.131. The average molecular weight is 308 g/mol.